The monoisotopic (exact) mass is 360 g/mol. The summed E-state index contributed by atoms with van der Waals surface area (Å²) in [6, 6.07) is 15.7. The van der Waals surface area contributed by atoms with Gasteiger partial charge in [-0.2, -0.15) is 0 Å². The summed E-state index contributed by atoms with van der Waals surface area (Å²) in [6.07, 6.45) is 3.05. The number of amides is 1. The molecular weight excluding hydrogens is 336 g/mol. The van der Waals surface area contributed by atoms with Gasteiger partial charge in [0.05, 0.1) is 12.4 Å². The van der Waals surface area contributed by atoms with Gasteiger partial charge in [0.1, 0.15) is 11.5 Å². The van der Waals surface area contributed by atoms with Crippen molar-refractivity contribution in [1.29, 1.82) is 0 Å². The van der Waals surface area contributed by atoms with E-state index in [0.717, 1.165) is 22.5 Å². The van der Waals surface area contributed by atoms with Crippen LogP contribution in [0.15, 0.2) is 60.9 Å². The molecule has 0 saturated carbocycles. The Balaban J connectivity index is 1.75. The summed E-state index contributed by atoms with van der Waals surface area (Å²) in [5, 5.41) is 6.16. The quantitative estimate of drug-likeness (QED) is 0.681. The number of aryl methyl sites for hydroxylation is 1. The molecule has 1 aromatic heterocycles. The number of nitrogens with zero attached hydrogens (tertiary/aromatic N) is 2. The van der Waals surface area contributed by atoms with Crippen LogP contribution >= 0.6 is 0 Å². The van der Waals surface area contributed by atoms with Gasteiger partial charge in [0.15, 0.2) is 0 Å². The van der Waals surface area contributed by atoms with Gasteiger partial charge in [-0.05, 0) is 35.6 Å². The molecule has 0 spiro atoms. The van der Waals surface area contributed by atoms with E-state index in [1.807, 2.05) is 55.5 Å². The van der Waals surface area contributed by atoms with Crippen LogP contribution in [0.5, 0.6) is 0 Å². The van der Waals surface area contributed by atoms with Crippen LogP contribution in [0, 0.1) is 6.92 Å². The lowest BCUT2D eigenvalue weighted by Crippen LogP contribution is -2.19. The van der Waals surface area contributed by atoms with Crippen molar-refractivity contribution < 1.29 is 4.79 Å². The lowest BCUT2D eigenvalue weighted by Gasteiger charge is -2.22. The van der Waals surface area contributed by atoms with E-state index in [1.165, 1.54) is 6.20 Å². The summed E-state index contributed by atoms with van der Waals surface area (Å²) in [5.41, 5.74) is 4.14. The molecule has 5 nitrogen and oxygen atoms in total. The van der Waals surface area contributed by atoms with Crippen molar-refractivity contribution in [3.8, 4) is 0 Å². The first kappa shape index (κ1) is 18.6. The Kier molecular flexibility index (Phi) is 5.21. The van der Waals surface area contributed by atoms with E-state index in [4.69, 9.17) is 0 Å². The predicted octanol–water partition coefficient (Wildman–Crippen LogP) is 5.08. The molecule has 0 unspecified atom stereocenters. The fourth-order valence-electron chi connectivity index (χ4n) is 2.79. The first-order valence-electron chi connectivity index (χ1n) is 8.90. The summed E-state index contributed by atoms with van der Waals surface area (Å²) in [7, 11) is 0. The van der Waals surface area contributed by atoms with E-state index in [2.05, 4.69) is 41.4 Å². The van der Waals surface area contributed by atoms with Crippen molar-refractivity contribution >= 4 is 23.1 Å². The number of para-hydroxylation sites is 2. The summed E-state index contributed by atoms with van der Waals surface area (Å²) >= 11 is 0. The van der Waals surface area contributed by atoms with Crippen LogP contribution in [0.2, 0.25) is 0 Å². The van der Waals surface area contributed by atoms with Crippen molar-refractivity contribution in [3.63, 3.8) is 0 Å². The van der Waals surface area contributed by atoms with Gasteiger partial charge in [-0.3, -0.25) is 4.79 Å². The molecule has 0 atom stereocenters. The minimum atomic E-state index is -0.276. The van der Waals surface area contributed by atoms with Gasteiger partial charge in [0, 0.05) is 11.4 Å². The standard InChI is InChI=1S/C22H24N4O/c1-15-9-5-7-11-17(15)25-20-14-23-19(13-24-20)21(27)26-18-12-8-6-10-16(18)22(2,3)4/h5-14H,1-4H3,(H,24,25)(H,26,27). The molecule has 3 rings (SSSR count). The maximum absolute atomic E-state index is 12.6. The van der Waals surface area contributed by atoms with Crippen LogP contribution in [0.3, 0.4) is 0 Å². The number of hydrogen-bond donors (Lipinski definition) is 2. The van der Waals surface area contributed by atoms with Gasteiger partial charge in [-0.25, -0.2) is 9.97 Å². The number of anilines is 3. The van der Waals surface area contributed by atoms with Crippen LogP contribution in [0.25, 0.3) is 0 Å². The van der Waals surface area contributed by atoms with Gasteiger partial charge in [-0.15, -0.1) is 0 Å². The molecule has 5 heteroatoms. The first-order valence-corrected chi connectivity index (χ1v) is 8.90. The largest absolute Gasteiger partial charge is 0.339 e. The second-order valence-corrected chi connectivity index (χ2v) is 7.48. The SMILES string of the molecule is Cc1ccccc1Nc1cnc(C(=O)Nc2ccccc2C(C)(C)C)cn1. The molecule has 3 aromatic rings. The van der Waals surface area contributed by atoms with Crippen LogP contribution in [0.1, 0.15) is 42.4 Å². The smallest absolute Gasteiger partial charge is 0.275 e. The summed E-state index contributed by atoms with van der Waals surface area (Å²) < 4.78 is 0. The second kappa shape index (κ2) is 7.58. The Hall–Kier alpha value is -3.21. The number of benzene rings is 2. The first-order chi connectivity index (χ1) is 12.8. The highest BCUT2D eigenvalue weighted by Gasteiger charge is 2.19. The Morgan fingerprint density at radius 2 is 1.56 bits per heavy atom. The fraction of sp³-hybridized carbons (Fsp3) is 0.227. The molecule has 0 aliphatic rings. The van der Waals surface area contributed by atoms with E-state index in [1.54, 1.807) is 6.20 Å². The van der Waals surface area contributed by atoms with E-state index < -0.39 is 0 Å². The van der Waals surface area contributed by atoms with Gasteiger partial charge in [-0.1, -0.05) is 57.2 Å². The number of aromatic nitrogens is 2. The maximum atomic E-state index is 12.6. The van der Waals surface area contributed by atoms with Crippen molar-refractivity contribution in [3.05, 3.63) is 77.7 Å². The third-order valence-electron chi connectivity index (χ3n) is 4.28. The van der Waals surface area contributed by atoms with E-state index in [9.17, 15) is 4.79 Å². The van der Waals surface area contributed by atoms with E-state index in [0.29, 0.717) is 5.82 Å². The highest BCUT2D eigenvalue weighted by Crippen LogP contribution is 2.29. The molecule has 2 N–H and O–H groups in total. The normalized spacial score (nSPS) is 11.1. The molecule has 0 fully saturated rings. The third kappa shape index (κ3) is 4.50. The fourth-order valence-corrected chi connectivity index (χ4v) is 2.79. The van der Waals surface area contributed by atoms with Gasteiger partial charge >= 0.3 is 0 Å². The molecule has 2 aromatic carbocycles. The van der Waals surface area contributed by atoms with Crippen molar-refractivity contribution in [2.45, 2.75) is 33.1 Å². The molecule has 0 aliphatic carbocycles. The minimum Gasteiger partial charge on any atom is -0.339 e. The Labute approximate surface area is 159 Å². The second-order valence-electron chi connectivity index (χ2n) is 7.48. The average molecular weight is 360 g/mol. The molecule has 0 radical (unpaired) electrons. The average Bonchev–Trinajstić information content (AvgIpc) is 2.64. The van der Waals surface area contributed by atoms with Gasteiger partial charge < -0.3 is 10.6 Å². The molecule has 1 amide bonds. The highest BCUT2D eigenvalue weighted by atomic mass is 16.1. The number of rotatable bonds is 4. The number of nitrogens with one attached hydrogen (secondary N) is 2. The summed E-state index contributed by atoms with van der Waals surface area (Å²) in [6.45, 7) is 8.36. The lowest BCUT2D eigenvalue weighted by molar-refractivity contribution is 0.102. The van der Waals surface area contributed by atoms with Gasteiger partial charge in [0.25, 0.3) is 5.91 Å². The Bertz CT molecular complexity index is 943. The zero-order valence-corrected chi connectivity index (χ0v) is 16.1. The molecule has 0 aliphatic heterocycles. The summed E-state index contributed by atoms with van der Waals surface area (Å²) in [4.78, 5) is 21.2. The molecule has 138 valence electrons. The van der Waals surface area contributed by atoms with Crippen molar-refractivity contribution in [1.82, 2.24) is 9.97 Å². The molecule has 1 heterocycles. The van der Waals surface area contributed by atoms with Crippen LogP contribution in [0.4, 0.5) is 17.2 Å². The van der Waals surface area contributed by atoms with Crippen molar-refractivity contribution in [2.24, 2.45) is 0 Å². The zero-order valence-electron chi connectivity index (χ0n) is 16.1. The zero-order chi connectivity index (χ0) is 19.4. The minimum absolute atomic E-state index is 0.0725. The molecule has 27 heavy (non-hydrogen) atoms. The number of carbonyl (C=O) groups is 1. The summed E-state index contributed by atoms with van der Waals surface area (Å²) in [5.74, 6) is 0.317. The topological polar surface area (TPSA) is 66.9 Å². The Morgan fingerprint density at radius 3 is 2.19 bits per heavy atom. The molecule has 0 bridgehead atoms. The van der Waals surface area contributed by atoms with E-state index >= 15 is 0 Å². The van der Waals surface area contributed by atoms with Crippen LogP contribution in [-0.2, 0) is 5.41 Å². The van der Waals surface area contributed by atoms with Crippen molar-refractivity contribution in [2.75, 3.05) is 10.6 Å². The van der Waals surface area contributed by atoms with Gasteiger partial charge in [0.2, 0.25) is 0 Å². The third-order valence-corrected chi connectivity index (χ3v) is 4.28. The maximum Gasteiger partial charge on any atom is 0.275 e. The molecule has 0 saturated heterocycles. The predicted molar refractivity (Wildman–Crippen MR) is 110 cm³/mol. The highest BCUT2D eigenvalue weighted by molar-refractivity contribution is 6.03. The van der Waals surface area contributed by atoms with Crippen LogP contribution < -0.4 is 10.6 Å². The Morgan fingerprint density at radius 1 is 0.889 bits per heavy atom. The molecular formula is C22H24N4O. The van der Waals surface area contributed by atoms with E-state index in [-0.39, 0.29) is 17.0 Å². The van der Waals surface area contributed by atoms with Crippen LogP contribution in [-0.4, -0.2) is 15.9 Å². The lowest BCUT2D eigenvalue weighted by atomic mass is 9.86. The number of carbonyl (C=O) groups excluding carboxylic acids is 1. The number of hydrogen-bond acceptors (Lipinski definition) is 4.